The van der Waals surface area contributed by atoms with Gasteiger partial charge in [-0.25, -0.2) is 5.32 Å². The number of esters is 1. The van der Waals surface area contributed by atoms with Crippen LogP contribution in [0.5, 0.6) is 0 Å². The average Bonchev–Trinajstić information content (AvgIpc) is 2.49. The maximum Gasteiger partial charge on any atom is 0.320 e. The van der Waals surface area contributed by atoms with Crippen molar-refractivity contribution in [3.63, 3.8) is 0 Å². The smallest absolute Gasteiger partial charge is 0.320 e. The molecule has 1 unspecified atom stereocenters. The van der Waals surface area contributed by atoms with E-state index in [2.05, 4.69) is 10.6 Å². The average molecular weight is 199 g/mol. The number of hydrogen-bond acceptors (Lipinski definition) is 3. The van der Waals surface area contributed by atoms with Crippen molar-refractivity contribution in [3.05, 3.63) is 0 Å². The number of carbonyl (C=O) groups is 1. The Bertz CT molecular complexity index is 193. The third kappa shape index (κ3) is 4.58. The van der Waals surface area contributed by atoms with Gasteiger partial charge >= 0.3 is 5.97 Å². The second-order valence-corrected chi connectivity index (χ2v) is 4.58. The van der Waals surface area contributed by atoms with Gasteiger partial charge in [-0.1, -0.05) is 0 Å². The van der Waals surface area contributed by atoms with E-state index >= 15 is 0 Å². The van der Waals surface area contributed by atoms with E-state index in [-0.39, 0.29) is 12.5 Å². The Labute approximate surface area is 85.4 Å². The Balaban J connectivity index is 2.14. The molecule has 1 atom stereocenters. The summed E-state index contributed by atoms with van der Waals surface area (Å²) in [4.78, 5) is 11.3. The summed E-state index contributed by atoms with van der Waals surface area (Å²) in [6.07, 6.45) is 1.03. The molecule has 0 aromatic carbocycles. The highest BCUT2D eigenvalue weighted by atomic mass is 16.6. The van der Waals surface area contributed by atoms with Crippen molar-refractivity contribution in [2.75, 3.05) is 19.6 Å². The molecule has 4 nitrogen and oxygen atoms in total. The van der Waals surface area contributed by atoms with E-state index < -0.39 is 5.60 Å². The lowest BCUT2D eigenvalue weighted by atomic mass is 10.2. The minimum absolute atomic E-state index is 0.190. The highest BCUT2D eigenvalue weighted by molar-refractivity contribution is 5.72. The molecular formula is C10H19N2O2. The lowest BCUT2D eigenvalue weighted by Gasteiger charge is -2.20. The molecule has 0 spiro atoms. The summed E-state index contributed by atoms with van der Waals surface area (Å²) in [6, 6.07) is 0.363. The number of nitrogens with one attached hydrogen (secondary N) is 1. The Morgan fingerprint density at radius 1 is 1.57 bits per heavy atom. The quantitative estimate of drug-likeness (QED) is 0.665. The first-order valence-corrected chi connectivity index (χ1v) is 5.06. The zero-order valence-electron chi connectivity index (χ0n) is 9.17. The van der Waals surface area contributed by atoms with Crippen molar-refractivity contribution < 1.29 is 9.53 Å². The van der Waals surface area contributed by atoms with Crippen LogP contribution in [0.1, 0.15) is 27.2 Å². The van der Waals surface area contributed by atoms with Gasteiger partial charge in [0.25, 0.3) is 0 Å². The molecule has 0 aromatic rings. The van der Waals surface area contributed by atoms with Crippen LogP contribution in [0.4, 0.5) is 0 Å². The topological polar surface area (TPSA) is 52.4 Å². The van der Waals surface area contributed by atoms with Crippen molar-refractivity contribution in [1.29, 1.82) is 0 Å². The van der Waals surface area contributed by atoms with E-state index in [0.717, 1.165) is 19.5 Å². The van der Waals surface area contributed by atoms with Crippen LogP contribution in [0.2, 0.25) is 0 Å². The van der Waals surface area contributed by atoms with Crippen LogP contribution in [0.25, 0.3) is 0 Å². The minimum atomic E-state index is -0.390. The normalized spacial score (nSPS) is 22.4. The zero-order valence-corrected chi connectivity index (χ0v) is 9.17. The Morgan fingerprint density at radius 3 is 2.79 bits per heavy atom. The Hall–Kier alpha value is -0.610. The monoisotopic (exact) mass is 199 g/mol. The van der Waals surface area contributed by atoms with Crippen molar-refractivity contribution in [1.82, 2.24) is 10.6 Å². The predicted molar refractivity (Wildman–Crippen MR) is 54.1 cm³/mol. The lowest BCUT2D eigenvalue weighted by molar-refractivity contribution is -0.153. The summed E-state index contributed by atoms with van der Waals surface area (Å²) in [5, 5.41) is 7.34. The SMILES string of the molecule is CC(C)(C)OC(=O)CNC1CC[N]C1. The molecule has 0 aromatic heterocycles. The van der Waals surface area contributed by atoms with Gasteiger partial charge in [0.05, 0.1) is 6.54 Å². The molecule has 0 saturated carbocycles. The number of carbonyl (C=O) groups excluding carboxylic acids is 1. The summed E-state index contributed by atoms with van der Waals surface area (Å²) in [6.45, 7) is 7.63. The van der Waals surface area contributed by atoms with Crippen LogP contribution in [-0.2, 0) is 9.53 Å². The summed E-state index contributed by atoms with van der Waals surface area (Å²) in [7, 11) is 0. The second kappa shape index (κ2) is 4.75. The molecular weight excluding hydrogens is 180 g/mol. The van der Waals surface area contributed by atoms with Gasteiger partial charge in [0, 0.05) is 19.1 Å². The molecule has 0 bridgehead atoms. The van der Waals surface area contributed by atoms with E-state index in [9.17, 15) is 4.79 Å². The zero-order chi connectivity index (χ0) is 10.6. The Kier molecular flexibility index (Phi) is 3.89. The van der Waals surface area contributed by atoms with Crippen molar-refractivity contribution >= 4 is 5.97 Å². The first-order chi connectivity index (χ1) is 6.47. The van der Waals surface area contributed by atoms with Crippen LogP contribution in [0, 0.1) is 0 Å². The molecule has 4 heteroatoms. The third-order valence-corrected chi connectivity index (χ3v) is 1.94. The summed E-state index contributed by atoms with van der Waals surface area (Å²) in [5.41, 5.74) is -0.390. The predicted octanol–water partition coefficient (Wildman–Crippen LogP) is 0.294. The van der Waals surface area contributed by atoms with E-state index in [0.29, 0.717) is 6.04 Å². The fourth-order valence-electron chi connectivity index (χ4n) is 1.36. The van der Waals surface area contributed by atoms with Crippen LogP contribution in [0.15, 0.2) is 0 Å². The fraction of sp³-hybridized carbons (Fsp3) is 0.900. The van der Waals surface area contributed by atoms with Gasteiger partial charge in [-0.05, 0) is 27.2 Å². The first kappa shape index (κ1) is 11.5. The van der Waals surface area contributed by atoms with Gasteiger partial charge in [-0.3, -0.25) is 4.79 Å². The van der Waals surface area contributed by atoms with Gasteiger partial charge in [-0.2, -0.15) is 0 Å². The Morgan fingerprint density at radius 2 is 2.29 bits per heavy atom. The first-order valence-electron chi connectivity index (χ1n) is 5.06. The number of rotatable bonds is 3. The number of nitrogens with zero attached hydrogens (tertiary/aromatic N) is 1. The summed E-state index contributed by atoms with van der Waals surface area (Å²) in [5.74, 6) is -0.190. The highest BCUT2D eigenvalue weighted by Gasteiger charge is 2.19. The van der Waals surface area contributed by atoms with Crippen LogP contribution in [0.3, 0.4) is 0 Å². The van der Waals surface area contributed by atoms with Crippen LogP contribution < -0.4 is 10.6 Å². The molecule has 1 rings (SSSR count). The molecule has 1 aliphatic heterocycles. The largest absolute Gasteiger partial charge is 0.459 e. The van der Waals surface area contributed by atoms with Crippen molar-refractivity contribution in [2.24, 2.45) is 0 Å². The second-order valence-electron chi connectivity index (χ2n) is 4.58. The molecule has 81 valence electrons. The maximum atomic E-state index is 11.3. The standard InChI is InChI=1S/C10H19N2O2/c1-10(2,3)14-9(13)7-12-8-4-5-11-6-8/h8,12H,4-7H2,1-3H3. The molecule has 1 aliphatic rings. The molecule has 1 N–H and O–H groups in total. The number of ether oxygens (including phenoxy) is 1. The minimum Gasteiger partial charge on any atom is -0.459 e. The molecule has 1 heterocycles. The van der Waals surface area contributed by atoms with Gasteiger partial charge in [0.15, 0.2) is 0 Å². The van der Waals surface area contributed by atoms with Crippen LogP contribution >= 0.6 is 0 Å². The number of hydrogen-bond donors (Lipinski definition) is 1. The van der Waals surface area contributed by atoms with E-state index in [1.165, 1.54) is 0 Å². The van der Waals surface area contributed by atoms with Crippen molar-refractivity contribution in [3.8, 4) is 0 Å². The molecule has 1 radical (unpaired) electrons. The van der Waals surface area contributed by atoms with Gasteiger partial charge < -0.3 is 10.1 Å². The van der Waals surface area contributed by atoms with Gasteiger partial charge in [-0.15, -0.1) is 0 Å². The maximum absolute atomic E-state index is 11.3. The lowest BCUT2D eigenvalue weighted by Crippen LogP contribution is -2.37. The molecule has 0 aliphatic carbocycles. The van der Waals surface area contributed by atoms with Gasteiger partial charge in [0.1, 0.15) is 5.60 Å². The summed E-state index contributed by atoms with van der Waals surface area (Å²) >= 11 is 0. The molecule has 1 saturated heterocycles. The van der Waals surface area contributed by atoms with Gasteiger partial charge in [0.2, 0.25) is 0 Å². The van der Waals surface area contributed by atoms with Crippen LogP contribution in [-0.4, -0.2) is 37.2 Å². The van der Waals surface area contributed by atoms with E-state index in [1.807, 2.05) is 20.8 Å². The fourth-order valence-corrected chi connectivity index (χ4v) is 1.36. The highest BCUT2D eigenvalue weighted by Crippen LogP contribution is 2.06. The summed E-state index contributed by atoms with van der Waals surface area (Å²) < 4.78 is 5.17. The molecule has 1 fully saturated rings. The van der Waals surface area contributed by atoms with Crippen molar-refractivity contribution in [2.45, 2.75) is 38.8 Å². The van der Waals surface area contributed by atoms with E-state index in [4.69, 9.17) is 4.74 Å². The molecule has 14 heavy (non-hydrogen) atoms. The third-order valence-electron chi connectivity index (χ3n) is 1.94. The van der Waals surface area contributed by atoms with E-state index in [1.54, 1.807) is 0 Å². The molecule has 0 amide bonds.